The molecule has 5 heteroatoms. The third-order valence-electron chi connectivity index (χ3n) is 4.89. The maximum atomic E-state index is 12.9. The Morgan fingerprint density at radius 1 is 1.19 bits per heavy atom. The number of benzene rings is 2. The molecule has 1 heterocycles. The third-order valence-corrected chi connectivity index (χ3v) is 6.20. The highest BCUT2D eigenvalue weighted by Gasteiger charge is 2.22. The van der Waals surface area contributed by atoms with E-state index in [1.165, 1.54) is 0 Å². The first kappa shape index (κ1) is 20.1. The van der Waals surface area contributed by atoms with E-state index in [0.29, 0.717) is 12.5 Å². The molecule has 0 aliphatic carbocycles. The number of amides is 1. The van der Waals surface area contributed by atoms with Gasteiger partial charge in [0, 0.05) is 39.9 Å². The Morgan fingerprint density at radius 2 is 1.89 bits per heavy atom. The van der Waals surface area contributed by atoms with Crippen LogP contribution in [0.25, 0.3) is 0 Å². The molecular formula is C22H26ClNO2S. The molecule has 1 aliphatic heterocycles. The molecule has 144 valence electrons. The van der Waals surface area contributed by atoms with Crippen molar-refractivity contribution in [3.8, 4) is 5.75 Å². The van der Waals surface area contributed by atoms with Crippen molar-refractivity contribution in [2.24, 2.45) is 5.92 Å². The van der Waals surface area contributed by atoms with E-state index in [9.17, 15) is 4.79 Å². The van der Waals surface area contributed by atoms with Gasteiger partial charge in [-0.1, -0.05) is 18.5 Å². The number of hydrogen-bond donors (Lipinski definition) is 0. The van der Waals surface area contributed by atoms with Crippen molar-refractivity contribution in [1.82, 2.24) is 4.90 Å². The monoisotopic (exact) mass is 403 g/mol. The highest BCUT2D eigenvalue weighted by atomic mass is 35.5. The Kier molecular flexibility index (Phi) is 7.08. The van der Waals surface area contributed by atoms with Gasteiger partial charge in [-0.2, -0.15) is 0 Å². The van der Waals surface area contributed by atoms with E-state index in [1.807, 2.05) is 54.3 Å². The van der Waals surface area contributed by atoms with Crippen LogP contribution in [0.4, 0.5) is 0 Å². The summed E-state index contributed by atoms with van der Waals surface area (Å²) in [6.07, 6.45) is 2.17. The van der Waals surface area contributed by atoms with Gasteiger partial charge in [-0.3, -0.25) is 4.79 Å². The zero-order valence-electron chi connectivity index (χ0n) is 15.9. The molecule has 1 saturated heterocycles. The molecule has 0 unspecified atom stereocenters. The topological polar surface area (TPSA) is 29.5 Å². The van der Waals surface area contributed by atoms with Crippen LogP contribution in [-0.4, -0.2) is 30.5 Å². The summed E-state index contributed by atoms with van der Waals surface area (Å²) < 4.78 is 5.78. The lowest BCUT2D eigenvalue weighted by atomic mass is 9.98. The average Bonchev–Trinajstić information content (AvgIpc) is 2.68. The number of nitrogens with zero attached hydrogens (tertiary/aromatic N) is 1. The van der Waals surface area contributed by atoms with E-state index < -0.39 is 0 Å². The van der Waals surface area contributed by atoms with Crippen LogP contribution in [0.1, 0.15) is 42.6 Å². The van der Waals surface area contributed by atoms with Crippen LogP contribution in [0, 0.1) is 5.92 Å². The van der Waals surface area contributed by atoms with Gasteiger partial charge < -0.3 is 9.64 Å². The molecule has 3 rings (SSSR count). The fourth-order valence-electron chi connectivity index (χ4n) is 3.21. The Labute approximate surface area is 171 Å². The second kappa shape index (κ2) is 9.52. The second-order valence-corrected chi connectivity index (χ2v) is 8.46. The number of rotatable bonds is 6. The third kappa shape index (κ3) is 5.43. The van der Waals surface area contributed by atoms with E-state index in [1.54, 1.807) is 11.8 Å². The van der Waals surface area contributed by atoms with Crippen molar-refractivity contribution >= 4 is 29.3 Å². The second-order valence-electron chi connectivity index (χ2n) is 6.97. The minimum atomic E-state index is 0.127. The summed E-state index contributed by atoms with van der Waals surface area (Å²) in [4.78, 5) is 16.0. The summed E-state index contributed by atoms with van der Waals surface area (Å²) in [5.74, 6) is 2.43. The number of carbonyl (C=O) groups is 1. The lowest BCUT2D eigenvalue weighted by molar-refractivity contribution is 0.0697. The van der Waals surface area contributed by atoms with Crippen LogP contribution in [-0.2, 0) is 5.75 Å². The van der Waals surface area contributed by atoms with E-state index in [4.69, 9.17) is 16.3 Å². The van der Waals surface area contributed by atoms with Crippen LogP contribution < -0.4 is 4.74 Å². The molecule has 0 N–H and O–H groups in total. The molecule has 1 amide bonds. The Bertz CT molecular complexity index is 770. The summed E-state index contributed by atoms with van der Waals surface area (Å²) in [6, 6.07) is 13.6. The molecule has 0 radical (unpaired) electrons. The van der Waals surface area contributed by atoms with Crippen LogP contribution >= 0.6 is 23.4 Å². The minimum absolute atomic E-state index is 0.127. The summed E-state index contributed by atoms with van der Waals surface area (Å²) in [5.41, 5.74) is 1.80. The number of halogens is 1. The molecule has 2 aromatic rings. The largest absolute Gasteiger partial charge is 0.494 e. The van der Waals surface area contributed by atoms with Gasteiger partial charge in [0.05, 0.1) is 6.61 Å². The quantitative estimate of drug-likeness (QED) is 0.562. The van der Waals surface area contributed by atoms with Gasteiger partial charge in [0.25, 0.3) is 5.91 Å². The fraction of sp³-hybridized carbons (Fsp3) is 0.409. The van der Waals surface area contributed by atoms with Gasteiger partial charge in [0.1, 0.15) is 5.75 Å². The van der Waals surface area contributed by atoms with E-state index in [2.05, 4.69) is 6.92 Å². The van der Waals surface area contributed by atoms with Crippen LogP contribution in [0.3, 0.4) is 0 Å². The molecule has 0 saturated carbocycles. The lowest BCUT2D eigenvalue weighted by Crippen LogP contribution is -2.37. The summed E-state index contributed by atoms with van der Waals surface area (Å²) in [7, 11) is 0. The predicted octanol–water partition coefficient (Wildman–Crippen LogP) is 5.90. The van der Waals surface area contributed by atoms with Gasteiger partial charge in [-0.15, -0.1) is 11.8 Å². The van der Waals surface area contributed by atoms with E-state index in [-0.39, 0.29) is 5.91 Å². The number of hydrogen-bond acceptors (Lipinski definition) is 3. The number of piperidine rings is 1. The van der Waals surface area contributed by atoms with Crippen molar-refractivity contribution in [2.75, 3.05) is 19.7 Å². The average molecular weight is 404 g/mol. The summed E-state index contributed by atoms with van der Waals surface area (Å²) in [6.45, 7) is 6.54. The van der Waals surface area contributed by atoms with Crippen molar-refractivity contribution in [3.05, 3.63) is 58.6 Å². The van der Waals surface area contributed by atoms with Crippen molar-refractivity contribution in [3.63, 3.8) is 0 Å². The fourth-order valence-corrected chi connectivity index (χ4v) is 4.21. The van der Waals surface area contributed by atoms with Crippen LogP contribution in [0.5, 0.6) is 5.75 Å². The Hall–Kier alpha value is -1.65. The number of ether oxygens (including phenoxy) is 1. The molecule has 0 spiro atoms. The van der Waals surface area contributed by atoms with Crippen molar-refractivity contribution in [1.29, 1.82) is 0 Å². The minimum Gasteiger partial charge on any atom is -0.494 e. The van der Waals surface area contributed by atoms with Gasteiger partial charge in [-0.05, 0) is 68.1 Å². The molecule has 0 bridgehead atoms. The maximum absolute atomic E-state index is 12.9. The van der Waals surface area contributed by atoms with Crippen LogP contribution in [0.2, 0.25) is 5.02 Å². The van der Waals surface area contributed by atoms with E-state index >= 15 is 0 Å². The zero-order valence-corrected chi connectivity index (χ0v) is 17.5. The first-order chi connectivity index (χ1) is 13.1. The lowest BCUT2D eigenvalue weighted by Gasteiger charge is -2.30. The number of thioether (sulfide) groups is 1. The molecule has 1 aliphatic rings. The predicted molar refractivity (Wildman–Crippen MR) is 113 cm³/mol. The highest BCUT2D eigenvalue weighted by Crippen LogP contribution is 2.30. The standard InChI is InChI=1S/C22H26ClNO2S/c1-3-26-21-9-4-17(22(25)24-12-10-16(2)11-13-24)14-18(21)15-27-20-7-5-19(23)6-8-20/h4-9,14,16H,3,10-13,15H2,1-2H3. The maximum Gasteiger partial charge on any atom is 0.253 e. The Morgan fingerprint density at radius 3 is 2.56 bits per heavy atom. The molecule has 3 nitrogen and oxygen atoms in total. The zero-order chi connectivity index (χ0) is 19.2. The molecule has 0 aromatic heterocycles. The number of carbonyl (C=O) groups excluding carboxylic acids is 1. The molecule has 27 heavy (non-hydrogen) atoms. The first-order valence-corrected chi connectivity index (χ1v) is 10.9. The molecule has 1 fully saturated rings. The van der Waals surface area contributed by atoms with Gasteiger partial charge in [0.2, 0.25) is 0 Å². The summed E-state index contributed by atoms with van der Waals surface area (Å²) in [5, 5.41) is 0.734. The molecule has 0 atom stereocenters. The Balaban J connectivity index is 1.75. The normalized spacial score (nSPS) is 15.0. The van der Waals surface area contributed by atoms with Gasteiger partial charge in [-0.25, -0.2) is 0 Å². The summed E-state index contributed by atoms with van der Waals surface area (Å²) >= 11 is 7.68. The smallest absolute Gasteiger partial charge is 0.253 e. The van der Waals surface area contributed by atoms with Crippen molar-refractivity contribution in [2.45, 2.75) is 37.3 Å². The first-order valence-electron chi connectivity index (χ1n) is 9.50. The molecular weight excluding hydrogens is 378 g/mol. The van der Waals surface area contributed by atoms with Crippen molar-refractivity contribution < 1.29 is 9.53 Å². The SMILES string of the molecule is CCOc1ccc(C(=O)N2CCC(C)CC2)cc1CSc1ccc(Cl)cc1. The van der Waals surface area contributed by atoms with Gasteiger partial charge >= 0.3 is 0 Å². The van der Waals surface area contributed by atoms with E-state index in [0.717, 1.165) is 58.5 Å². The van der Waals surface area contributed by atoms with Crippen LogP contribution in [0.15, 0.2) is 47.4 Å². The highest BCUT2D eigenvalue weighted by molar-refractivity contribution is 7.98. The van der Waals surface area contributed by atoms with Gasteiger partial charge in [0.15, 0.2) is 0 Å². The molecule has 2 aromatic carbocycles. The number of likely N-dealkylation sites (tertiary alicyclic amines) is 1.